The molecule has 5 amide bonds. The van der Waals surface area contributed by atoms with Gasteiger partial charge in [-0.15, -0.1) is 10.2 Å². The van der Waals surface area contributed by atoms with Crippen LogP contribution in [0.4, 0.5) is 15.9 Å². The molecule has 3 saturated heterocycles. The van der Waals surface area contributed by atoms with Gasteiger partial charge in [-0.25, -0.2) is 4.39 Å². The van der Waals surface area contributed by atoms with Crippen LogP contribution in [0.5, 0.6) is 5.75 Å². The van der Waals surface area contributed by atoms with Crippen molar-refractivity contribution in [3.8, 4) is 17.1 Å². The van der Waals surface area contributed by atoms with Crippen LogP contribution in [0.15, 0.2) is 47.3 Å². The maximum atomic E-state index is 15.5. The molecule has 61 heavy (non-hydrogen) atoms. The number of halogens is 2. The number of primary amides is 1. The van der Waals surface area contributed by atoms with Gasteiger partial charge in [0.2, 0.25) is 24.0 Å². The van der Waals surface area contributed by atoms with Gasteiger partial charge < -0.3 is 24.8 Å². The molecule has 0 radical (unpaired) electrons. The minimum atomic E-state index is -1.12. The number of nitrogens with two attached hydrogens (primary N) is 1. The highest BCUT2D eigenvalue weighted by Gasteiger charge is 2.46. The van der Waals surface area contributed by atoms with E-state index in [0.29, 0.717) is 78.5 Å². The molecule has 9 rings (SSSR count). The fourth-order valence-electron chi connectivity index (χ4n) is 9.47. The van der Waals surface area contributed by atoms with Crippen LogP contribution in [0.25, 0.3) is 11.4 Å². The number of piperazine rings is 1. The second-order valence-electron chi connectivity index (χ2n) is 16.4. The topological polar surface area (TPSA) is 210 Å². The van der Waals surface area contributed by atoms with Crippen molar-refractivity contribution in [2.45, 2.75) is 69.4 Å². The van der Waals surface area contributed by atoms with Gasteiger partial charge in [0.1, 0.15) is 23.2 Å². The van der Waals surface area contributed by atoms with E-state index in [0.717, 1.165) is 62.7 Å². The maximum absolute atomic E-state index is 15.5. The summed E-state index contributed by atoms with van der Waals surface area (Å²) in [6.07, 6.45) is 7.18. The Morgan fingerprint density at radius 1 is 0.902 bits per heavy atom. The number of carbonyl (C=O) groups is 5. The monoisotopic (exact) mass is 854 g/mol. The molecule has 4 aliphatic heterocycles. The Bertz CT molecular complexity index is 2390. The molecule has 2 aromatic heterocycles. The summed E-state index contributed by atoms with van der Waals surface area (Å²) in [5.41, 5.74) is 6.54. The minimum Gasteiger partial charge on any atom is -0.482 e. The zero-order valence-electron chi connectivity index (χ0n) is 33.3. The molecule has 2 aromatic carbocycles. The molecule has 318 valence electrons. The molecule has 6 heterocycles. The summed E-state index contributed by atoms with van der Waals surface area (Å²) in [5, 5.41) is 15.3. The summed E-state index contributed by atoms with van der Waals surface area (Å²) in [6.45, 7) is 4.75. The van der Waals surface area contributed by atoms with E-state index in [4.69, 9.17) is 26.6 Å². The molecular formula is C42H44ClFN10O7. The number of ether oxygens (including phenoxy) is 1. The van der Waals surface area contributed by atoms with Gasteiger partial charge in [-0.05, 0) is 87.3 Å². The zero-order valence-corrected chi connectivity index (χ0v) is 34.0. The molecule has 17 nitrogen and oxygen atoms in total. The second kappa shape index (κ2) is 16.5. The summed E-state index contributed by atoms with van der Waals surface area (Å²) in [5.74, 6) is -1.91. The molecule has 1 aliphatic carbocycles. The summed E-state index contributed by atoms with van der Waals surface area (Å²) >= 11 is 6.64. The van der Waals surface area contributed by atoms with Crippen molar-refractivity contribution in [1.82, 2.24) is 35.5 Å². The Kier molecular flexibility index (Phi) is 10.9. The number of piperidine rings is 2. The number of amides is 5. The third-order valence-electron chi connectivity index (χ3n) is 12.7. The molecule has 4 fully saturated rings. The normalized spacial score (nSPS) is 21.1. The van der Waals surface area contributed by atoms with E-state index in [2.05, 4.69) is 35.5 Å². The molecule has 0 spiro atoms. The lowest BCUT2D eigenvalue weighted by molar-refractivity contribution is -0.136. The molecule has 4 aromatic rings. The van der Waals surface area contributed by atoms with Gasteiger partial charge in [0, 0.05) is 63.4 Å². The van der Waals surface area contributed by atoms with E-state index < -0.39 is 47.0 Å². The van der Waals surface area contributed by atoms with Crippen molar-refractivity contribution < 1.29 is 37.6 Å². The number of benzene rings is 2. The number of imide groups is 2. The SMILES string of the molecule is NC(=O)c1nnc(N2CCC(CN3CCN(c4cc5c(cc4F)C(=O)N([C@@H]4CCC(=O)NC4=O)C5=O)CC3)CC2)cc1C1(Oc2ccc(-c3ncon3)c(Cl)c2)CCCCC1. The fraction of sp³-hybridized carbons (Fsp3) is 0.452. The zero-order chi connectivity index (χ0) is 42.4. The molecule has 0 unspecified atom stereocenters. The van der Waals surface area contributed by atoms with Crippen LogP contribution in [0.1, 0.15) is 94.6 Å². The molecular weight excluding hydrogens is 811 g/mol. The van der Waals surface area contributed by atoms with E-state index in [1.165, 1.54) is 12.5 Å². The predicted octanol–water partition coefficient (Wildman–Crippen LogP) is 4.10. The Balaban J connectivity index is 0.833. The van der Waals surface area contributed by atoms with Crippen LogP contribution in [-0.2, 0) is 15.2 Å². The number of nitrogens with one attached hydrogen (secondary N) is 1. The van der Waals surface area contributed by atoms with Crippen molar-refractivity contribution >= 4 is 52.6 Å². The lowest BCUT2D eigenvalue weighted by Crippen LogP contribution is -2.54. The summed E-state index contributed by atoms with van der Waals surface area (Å²) in [7, 11) is 0. The van der Waals surface area contributed by atoms with Crippen LogP contribution in [0, 0.1) is 11.7 Å². The highest BCUT2D eigenvalue weighted by molar-refractivity contribution is 6.33. The van der Waals surface area contributed by atoms with Crippen LogP contribution in [0.3, 0.4) is 0 Å². The van der Waals surface area contributed by atoms with Gasteiger partial charge in [-0.3, -0.25) is 39.1 Å². The van der Waals surface area contributed by atoms with Crippen molar-refractivity contribution in [2.24, 2.45) is 11.7 Å². The minimum absolute atomic E-state index is 0.00454. The highest BCUT2D eigenvalue weighted by atomic mass is 35.5. The van der Waals surface area contributed by atoms with Crippen molar-refractivity contribution in [1.29, 1.82) is 0 Å². The third kappa shape index (κ3) is 7.78. The van der Waals surface area contributed by atoms with Gasteiger partial charge in [0.05, 0.1) is 21.8 Å². The number of carbonyl (C=O) groups excluding carboxylic acids is 5. The van der Waals surface area contributed by atoms with Crippen molar-refractivity contribution in [3.63, 3.8) is 0 Å². The van der Waals surface area contributed by atoms with Crippen LogP contribution < -0.4 is 25.6 Å². The quantitative estimate of drug-likeness (QED) is 0.215. The molecule has 5 aliphatic rings. The van der Waals surface area contributed by atoms with E-state index >= 15 is 4.39 Å². The fourth-order valence-corrected chi connectivity index (χ4v) is 9.73. The first-order chi connectivity index (χ1) is 29.5. The number of anilines is 2. The smallest absolute Gasteiger partial charge is 0.269 e. The molecule has 1 atom stereocenters. The summed E-state index contributed by atoms with van der Waals surface area (Å²) in [6, 6.07) is 8.59. The van der Waals surface area contributed by atoms with Crippen LogP contribution in [-0.4, -0.2) is 112 Å². The average Bonchev–Trinajstić information content (AvgIpc) is 3.87. The van der Waals surface area contributed by atoms with Gasteiger partial charge in [-0.2, -0.15) is 4.98 Å². The van der Waals surface area contributed by atoms with E-state index in [9.17, 15) is 24.0 Å². The summed E-state index contributed by atoms with van der Waals surface area (Å²) in [4.78, 5) is 74.8. The maximum Gasteiger partial charge on any atom is 0.269 e. The lowest BCUT2D eigenvalue weighted by Gasteiger charge is -2.40. The number of nitrogens with zero attached hydrogens (tertiary/aromatic N) is 8. The number of hydrogen-bond acceptors (Lipinski definition) is 14. The number of rotatable bonds is 10. The Morgan fingerprint density at radius 3 is 2.31 bits per heavy atom. The largest absolute Gasteiger partial charge is 0.482 e. The van der Waals surface area contributed by atoms with E-state index in [1.54, 1.807) is 18.2 Å². The summed E-state index contributed by atoms with van der Waals surface area (Å²) < 4.78 is 27.2. The number of fused-ring (bicyclic) bond motifs is 1. The first-order valence-electron chi connectivity index (χ1n) is 20.7. The highest BCUT2D eigenvalue weighted by Crippen LogP contribution is 2.44. The standard InChI is InChI=1S/C42H44ClFN10O7/c43-30-18-25(4-5-26(30)38-46-23-60-50-38)61-42(10-2-1-3-11-42)29-21-34(48-49-36(29)37(45)56)53-12-8-24(9-13-53)22-51-14-16-52(17-15-51)33-20-28-27(19-31(33)44)40(58)54(41(28)59)32-6-7-35(55)47-39(32)57/h4-5,18-21,23-24,32H,1-3,6-17,22H2,(H2,45,56)(H,47,55,57)/t32-/m1/s1. The number of hydrogen-bond donors (Lipinski definition) is 2. The van der Waals surface area contributed by atoms with Gasteiger partial charge >= 0.3 is 0 Å². The molecule has 1 saturated carbocycles. The molecule has 0 bridgehead atoms. The average molecular weight is 855 g/mol. The van der Waals surface area contributed by atoms with Crippen molar-refractivity contribution in [2.75, 3.05) is 55.6 Å². The Morgan fingerprint density at radius 2 is 1.64 bits per heavy atom. The van der Waals surface area contributed by atoms with E-state index in [-0.39, 0.29) is 35.3 Å². The van der Waals surface area contributed by atoms with E-state index in [1.807, 2.05) is 11.0 Å². The second-order valence-corrected chi connectivity index (χ2v) is 16.8. The van der Waals surface area contributed by atoms with Gasteiger partial charge in [0.15, 0.2) is 11.5 Å². The van der Waals surface area contributed by atoms with Gasteiger partial charge in [-0.1, -0.05) is 23.2 Å². The Labute approximate surface area is 354 Å². The number of aromatic nitrogens is 4. The molecule has 19 heteroatoms. The molecule has 3 N–H and O–H groups in total. The first-order valence-corrected chi connectivity index (χ1v) is 21.1. The Hall–Kier alpha value is -6.01. The van der Waals surface area contributed by atoms with Gasteiger partial charge in [0.25, 0.3) is 17.7 Å². The first kappa shape index (κ1) is 40.4. The van der Waals surface area contributed by atoms with Crippen molar-refractivity contribution in [3.05, 3.63) is 76.0 Å². The van der Waals surface area contributed by atoms with Crippen LogP contribution in [0.2, 0.25) is 5.02 Å². The third-order valence-corrected chi connectivity index (χ3v) is 13.0. The lowest BCUT2D eigenvalue weighted by atomic mass is 9.78. The van der Waals surface area contributed by atoms with Crippen LogP contribution >= 0.6 is 11.6 Å². The predicted molar refractivity (Wildman–Crippen MR) is 217 cm³/mol.